The number of nitrogens with zero attached hydrogens (tertiary/aromatic N) is 4. The van der Waals surface area contributed by atoms with Crippen LogP contribution in [0.25, 0.3) is 11.0 Å². The van der Waals surface area contributed by atoms with Crippen LogP contribution in [0.15, 0.2) is 41.0 Å². The second-order valence-corrected chi connectivity index (χ2v) is 6.47. The van der Waals surface area contributed by atoms with Gasteiger partial charge in [-0.1, -0.05) is 0 Å². The Morgan fingerprint density at radius 1 is 1.28 bits per heavy atom. The Balaban J connectivity index is 1.88. The van der Waals surface area contributed by atoms with Crippen molar-refractivity contribution in [1.29, 1.82) is 0 Å². The summed E-state index contributed by atoms with van der Waals surface area (Å²) in [7, 11) is 1.51. The van der Waals surface area contributed by atoms with Crippen LogP contribution in [0.4, 0.5) is 0 Å². The number of aromatic nitrogens is 2. The van der Waals surface area contributed by atoms with Crippen LogP contribution in [-0.4, -0.2) is 44.4 Å². The van der Waals surface area contributed by atoms with Crippen molar-refractivity contribution in [3.05, 3.63) is 47.1 Å². The molecule has 132 valence electrons. The molecule has 1 aromatic heterocycles. The van der Waals surface area contributed by atoms with Gasteiger partial charge >= 0.3 is 0 Å². The van der Waals surface area contributed by atoms with E-state index in [-0.39, 0.29) is 0 Å². The van der Waals surface area contributed by atoms with E-state index in [4.69, 9.17) is 14.1 Å². The van der Waals surface area contributed by atoms with Crippen LogP contribution >= 0.6 is 0 Å². The summed E-state index contributed by atoms with van der Waals surface area (Å²) in [6.07, 6.45) is 3.42. The number of rotatable bonds is 2. The monoisotopic (exact) mass is 345 g/mol. The molecule has 1 N–H and O–H groups in total. The number of hydrazine groups is 1. The lowest BCUT2D eigenvalue weighted by Gasteiger charge is -2.51. The molecule has 0 aliphatic carbocycles. The zero-order chi connectivity index (χ0) is 17.8. The molecule has 1 aromatic carbocycles. The summed E-state index contributed by atoms with van der Waals surface area (Å²) >= 11 is 0. The fourth-order valence-electron chi connectivity index (χ4n) is 3.10. The number of ether oxygens (including phenoxy) is 2. The van der Waals surface area contributed by atoms with E-state index in [0.29, 0.717) is 33.3 Å². The Labute approximate surface area is 143 Å². The molecule has 9 nitrogen and oxygen atoms in total. The van der Waals surface area contributed by atoms with Gasteiger partial charge in [-0.25, -0.2) is 4.63 Å². The smallest absolute Gasteiger partial charge is 0.138 e. The summed E-state index contributed by atoms with van der Waals surface area (Å²) in [6, 6.07) is 2.70. The number of fused-ring (bicyclic) bond motifs is 2. The van der Waals surface area contributed by atoms with Crippen LogP contribution in [0.3, 0.4) is 0 Å². The zero-order valence-corrected chi connectivity index (χ0v) is 13.9. The maximum Gasteiger partial charge on any atom is 0.138 e. The van der Waals surface area contributed by atoms with Crippen molar-refractivity contribution >= 4 is 11.0 Å². The first-order valence-corrected chi connectivity index (χ1v) is 7.72. The third-order valence-corrected chi connectivity index (χ3v) is 4.46. The lowest BCUT2D eigenvalue weighted by Crippen LogP contribution is -2.54. The molecule has 3 heterocycles. The predicted octanol–water partition coefficient (Wildman–Crippen LogP) is 1.83. The average Bonchev–Trinajstić information content (AvgIpc) is 3.02. The van der Waals surface area contributed by atoms with Crippen LogP contribution in [-0.2, 0) is 4.74 Å². The Morgan fingerprint density at radius 2 is 2.00 bits per heavy atom. The number of aliphatic hydroxyl groups excluding tert-OH is 1. The molecule has 2 aromatic rings. The summed E-state index contributed by atoms with van der Waals surface area (Å²) < 4.78 is 15.9. The molecular formula is C16H17N4O5-. The molecule has 0 saturated heterocycles. The SMILES string of the molecule is COC1=CN(C2c3cc4nonc4cc3OC(C)(C)C2O)N([O-])C=C1. The van der Waals surface area contributed by atoms with Gasteiger partial charge in [0.25, 0.3) is 0 Å². The van der Waals surface area contributed by atoms with Gasteiger partial charge in [0.1, 0.15) is 40.3 Å². The van der Waals surface area contributed by atoms with Crippen LogP contribution < -0.4 is 4.74 Å². The van der Waals surface area contributed by atoms with Gasteiger partial charge in [0.15, 0.2) is 0 Å². The molecule has 25 heavy (non-hydrogen) atoms. The Hall–Kier alpha value is -2.78. The number of hydrogen-bond donors (Lipinski definition) is 1. The maximum atomic E-state index is 12.4. The molecule has 0 amide bonds. The highest BCUT2D eigenvalue weighted by Crippen LogP contribution is 2.45. The largest absolute Gasteiger partial charge is 0.739 e. The van der Waals surface area contributed by atoms with Crippen LogP contribution in [0, 0.1) is 5.21 Å². The van der Waals surface area contributed by atoms with E-state index in [1.165, 1.54) is 24.5 Å². The normalized spacial score (nSPS) is 24.8. The van der Waals surface area contributed by atoms with E-state index >= 15 is 0 Å². The van der Waals surface area contributed by atoms with E-state index in [0.717, 1.165) is 0 Å². The number of aliphatic hydroxyl groups is 1. The fourth-order valence-corrected chi connectivity index (χ4v) is 3.10. The quantitative estimate of drug-likeness (QED) is 0.872. The molecule has 4 rings (SSSR count). The first-order chi connectivity index (χ1) is 11.9. The Bertz CT molecular complexity index is 875. The van der Waals surface area contributed by atoms with Crippen molar-refractivity contribution in [3.8, 4) is 5.75 Å². The third-order valence-electron chi connectivity index (χ3n) is 4.46. The number of benzene rings is 1. The molecular weight excluding hydrogens is 328 g/mol. The second-order valence-electron chi connectivity index (χ2n) is 6.47. The lowest BCUT2D eigenvalue weighted by atomic mass is 9.86. The van der Waals surface area contributed by atoms with Gasteiger partial charge < -0.3 is 25.0 Å². The van der Waals surface area contributed by atoms with E-state index in [1.807, 2.05) is 0 Å². The van der Waals surface area contributed by atoms with Gasteiger partial charge in [-0.05, 0) is 36.3 Å². The molecule has 2 atom stereocenters. The topological polar surface area (TPSA) is 107 Å². The minimum Gasteiger partial charge on any atom is -0.739 e. The molecule has 0 spiro atoms. The van der Waals surface area contributed by atoms with E-state index in [1.54, 1.807) is 32.1 Å². The third kappa shape index (κ3) is 2.39. The van der Waals surface area contributed by atoms with Gasteiger partial charge in [-0.3, -0.25) is 5.01 Å². The maximum absolute atomic E-state index is 12.4. The standard InChI is InChI=1S/C16H17N4O5/c1-16(2)15(21)14(19-8-9(23-3)4-5-20(19)22)10-6-11-12(18-25-17-11)7-13(10)24-16/h4-8,14-15,21H,1-3H3/q-1. The zero-order valence-electron chi connectivity index (χ0n) is 13.9. The van der Waals surface area contributed by atoms with Crippen molar-refractivity contribution in [1.82, 2.24) is 20.5 Å². The van der Waals surface area contributed by atoms with Crippen LogP contribution in [0.1, 0.15) is 25.5 Å². The first-order valence-electron chi connectivity index (χ1n) is 7.72. The van der Waals surface area contributed by atoms with Crippen LogP contribution in [0.2, 0.25) is 0 Å². The molecule has 0 radical (unpaired) electrons. The van der Waals surface area contributed by atoms with Crippen molar-refractivity contribution in [3.63, 3.8) is 0 Å². The average molecular weight is 345 g/mol. The highest BCUT2D eigenvalue weighted by molar-refractivity contribution is 5.77. The Morgan fingerprint density at radius 3 is 2.72 bits per heavy atom. The first kappa shape index (κ1) is 15.7. The van der Waals surface area contributed by atoms with Gasteiger partial charge in [0, 0.05) is 17.8 Å². The minimum absolute atomic E-state index is 0.495. The molecule has 9 heteroatoms. The summed E-state index contributed by atoms with van der Waals surface area (Å²) in [5.41, 5.74) is 0.736. The van der Waals surface area contributed by atoms with Crippen LogP contribution in [0.5, 0.6) is 5.75 Å². The van der Waals surface area contributed by atoms with E-state index < -0.39 is 17.7 Å². The van der Waals surface area contributed by atoms with Gasteiger partial charge in [-0.2, -0.15) is 0 Å². The van der Waals surface area contributed by atoms with E-state index in [9.17, 15) is 10.3 Å². The summed E-state index contributed by atoms with van der Waals surface area (Å²) in [6.45, 7) is 3.52. The van der Waals surface area contributed by atoms with Crippen molar-refractivity contribution < 1.29 is 19.2 Å². The summed E-state index contributed by atoms with van der Waals surface area (Å²) in [5, 5.41) is 33.0. The second kappa shape index (κ2) is 5.36. The summed E-state index contributed by atoms with van der Waals surface area (Å²) in [5.74, 6) is 1.01. The number of methoxy groups -OCH3 is 1. The highest BCUT2D eigenvalue weighted by atomic mass is 16.6. The number of hydrogen-bond acceptors (Lipinski definition) is 9. The molecule has 2 aliphatic heterocycles. The molecule has 0 fully saturated rings. The van der Waals surface area contributed by atoms with Crippen molar-refractivity contribution in [2.24, 2.45) is 0 Å². The number of allylic oxidation sites excluding steroid dienone is 1. The highest BCUT2D eigenvalue weighted by Gasteiger charge is 2.46. The molecule has 2 aliphatic rings. The van der Waals surface area contributed by atoms with Crippen molar-refractivity contribution in [2.45, 2.75) is 31.6 Å². The fraction of sp³-hybridized carbons (Fsp3) is 0.375. The van der Waals surface area contributed by atoms with Gasteiger partial charge in [0.05, 0.1) is 13.3 Å². The molecule has 2 unspecified atom stereocenters. The van der Waals surface area contributed by atoms with E-state index in [2.05, 4.69) is 10.3 Å². The molecule has 0 bridgehead atoms. The van der Waals surface area contributed by atoms with Gasteiger partial charge in [-0.15, -0.1) is 0 Å². The molecule has 0 saturated carbocycles. The summed E-state index contributed by atoms with van der Waals surface area (Å²) in [4.78, 5) is 0. The number of hydroxylamine groups is 1. The Kier molecular flexibility index (Phi) is 3.37. The lowest BCUT2D eigenvalue weighted by molar-refractivity contribution is -0.113. The predicted molar refractivity (Wildman–Crippen MR) is 86.5 cm³/mol. The van der Waals surface area contributed by atoms with Crippen molar-refractivity contribution in [2.75, 3.05) is 7.11 Å². The minimum atomic E-state index is -0.991. The van der Waals surface area contributed by atoms with Gasteiger partial charge in [0.2, 0.25) is 0 Å².